The lowest BCUT2D eigenvalue weighted by Crippen LogP contribution is -2.59. The third kappa shape index (κ3) is 4.56. The molecule has 0 aromatic heterocycles. The number of rotatable bonds is 4. The minimum Gasteiger partial charge on any atom is -0.458 e. The SMILES string of the molecule is c1cccc(N(c2ccc3ccccc3c2)c2ccc3c4c(cccc24)Sc2cc4c(cc2-3)Oc2cccc3c2B4c2ccccc2N3c2ccccc2)c#1. The van der Waals surface area contributed by atoms with Gasteiger partial charge in [0.15, 0.2) is 0 Å². The molecule has 3 aliphatic rings. The molecule has 0 fully saturated rings. The van der Waals surface area contributed by atoms with Crippen molar-refractivity contribution in [3.8, 4) is 22.6 Å². The summed E-state index contributed by atoms with van der Waals surface area (Å²) in [6, 6.07) is 69.9. The lowest BCUT2D eigenvalue weighted by atomic mass is 9.34. The molecule has 3 heterocycles. The second-order valence-corrected chi connectivity index (χ2v) is 15.4. The fourth-order valence-corrected chi connectivity index (χ4v) is 10.2. The molecule has 3 aliphatic heterocycles. The summed E-state index contributed by atoms with van der Waals surface area (Å²) < 4.78 is 6.93. The minimum absolute atomic E-state index is 0.0472. The summed E-state index contributed by atoms with van der Waals surface area (Å²) in [6.45, 7) is 0.0472. The van der Waals surface area contributed by atoms with E-state index in [9.17, 15) is 0 Å². The fourth-order valence-electron chi connectivity index (χ4n) is 8.99. The van der Waals surface area contributed by atoms with E-state index in [1.54, 1.807) is 0 Å². The molecule has 55 heavy (non-hydrogen) atoms. The third-order valence-electron chi connectivity index (χ3n) is 11.3. The molecule has 0 unspecified atom stereocenters. The molecule has 0 saturated heterocycles. The maximum absolute atomic E-state index is 6.93. The average molecular weight is 717 g/mol. The summed E-state index contributed by atoms with van der Waals surface area (Å²) in [5, 5.41) is 4.86. The van der Waals surface area contributed by atoms with Crippen LogP contribution in [0.1, 0.15) is 0 Å². The second-order valence-electron chi connectivity index (χ2n) is 14.3. The van der Waals surface area contributed by atoms with Crippen molar-refractivity contribution in [1.29, 1.82) is 0 Å². The van der Waals surface area contributed by atoms with Crippen molar-refractivity contribution in [2.45, 2.75) is 9.79 Å². The summed E-state index contributed by atoms with van der Waals surface area (Å²) >= 11 is 1.86. The van der Waals surface area contributed by atoms with Crippen molar-refractivity contribution in [2.24, 2.45) is 0 Å². The molecular formula is C50H29BN2OS. The first-order chi connectivity index (χ1) is 27.3. The van der Waals surface area contributed by atoms with Gasteiger partial charge >= 0.3 is 0 Å². The second kappa shape index (κ2) is 11.8. The van der Waals surface area contributed by atoms with Crippen LogP contribution in [0, 0.1) is 12.1 Å². The van der Waals surface area contributed by atoms with E-state index in [0.717, 1.165) is 39.9 Å². The van der Waals surface area contributed by atoms with Gasteiger partial charge in [0, 0.05) is 43.3 Å². The van der Waals surface area contributed by atoms with Gasteiger partial charge in [-0.15, -0.1) is 0 Å². The van der Waals surface area contributed by atoms with Crippen molar-refractivity contribution in [1.82, 2.24) is 0 Å². The Morgan fingerprint density at radius 3 is 2.33 bits per heavy atom. The summed E-state index contributed by atoms with van der Waals surface area (Å²) in [5.74, 6) is 1.83. The molecule has 0 aliphatic carbocycles. The van der Waals surface area contributed by atoms with Crippen molar-refractivity contribution in [2.75, 3.05) is 9.80 Å². The number of hydrogen-bond acceptors (Lipinski definition) is 4. The molecule has 0 spiro atoms. The summed E-state index contributed by atoms with van der Waals surface area (Å²) in [7, 11) is 0. The molecule has 0 bridgehead atoms. The highest BCUT2D eigenvalue weighted by atomic mass is 32.2. The van der Waals surface area contributed by atoms with Crippen LogP contribution in [0.25, 0.3) is 32.7 Å². The van der Waals surface area contributed by atoms with Gasteiger partial charge in [-0.05, 0) is 123 Å². The number of anilines is 6. The molecule has 5 heteroatoms. The van der Waals surface area contributed by atoms with Crippen LogP contribution >= 0.6 is 11.8 Å². The molecule has 0 radical (unpaired) electrons. The van der Waals surface area contributed by atoms with E-state index in [2.05, 4.69) is 186 Å². The van der Waals surface area contributed by atoms with E-state index in [4.69, 9.17) is 4.74 Å². The van der Waals surface area contributed by atoms with Crippen LogP contribution in [0.15, 0.2) is 186 Å². The van der Waals surface area contributed by atoms with Gasteiger partial charge in [-0.2, -0.15) is 0 Å². The molecule has 0 N–H and O–H groups in total. The van der Waals surface area contributed by atoms with Crippen LogP contribution in [0.3, 0.4) is 0 Å². The number of benzene rings is 8. The van der Waals surface area contributed by atoms with Crippen LogP contribution in [0.2, 0.25) is 0 Å². The first-order valence-corrected chi connectivity index (χ1v) is 19.4. The first kappa shape index (κ1) is 30.6. The maximum atomic E-state index is 6.93. The normalized spacial score (nSPS) is 12.9. The van der Waals surface area contributed by atoms with E-state index >= 15 is 0 Å². The van der Waals surface area contributed by atoms with E-state index in [0.29, 0.717) is 0 Å². The summed E-state index contributed by atoms with van der Waals surface area (Å²) in [6.07, 6.45) is 0. The molecule has 254 valence electrons. The number of nitrogens with zero attached hydrogens (tertiary/aromatic N) is 2. The van der Waals surface area contributed by atoms with Crippen LogP contribution < -0.4 is 30.9 Å². The zero-order valence-corrected chi connectivity index (χ0v) is 30.3. The van der Waals surface area contributed by atoms with E-state index in [1.807, 2.05) is 23.9 Å². The molecular weight excluding hydrogens is 687 g/mol. The van der Waals surface area contributed by atoms with Gasteiger partial charge in [0.2, 0.25) is 0 Å². The van der Waals surface area contributed by atoms with E-state index in [-0.39, 0.29) is 6.71 Å². The van der Waals surface area contributed by atoms with E-state index < -0.39 is 0 Å². The van der Waals surface area contributed by atoms with Gasteiger partial charge in [-0.25, -0.2) is 0 Å². The van der Waals surface area contributed by atoms with Gasteiger partial charge in [0.05, 0.1) is 11.4 Å². The number of hydrogen-bond donors (Lipinski definition) is 0. The Morgan fingerprint density at radius 2 is 1.42 bits per heavy atom. The number of ether oxygens (including phenoxy) is 1. The predicted octanol–water partition coefficient (Wildman–Crippen LogP) is 11.6. The Balaban J connectivity index is 1.03. The Bertz CT molecular complexity index is 3020. The zero-order valence-electron chi connectivity index (χ0n) is 29.5. The van der Waals surface area contributed by atoms with Crippen LogP contribution in [0.4, 0.5) is 34.1 Å². The van der Waals surface area contributed by atoms with Gasteiger partial charge in [0.1, 0.15) is 11.5 Å². The zero-order chi connectivity index (χ0) is 36.0. The lowest BCUT2D eigenvalue weighted by Gasteiger charge is -2.40. The van der Waals surface area contributed by atoms with Gasteiger partial charge in [-0.3, -0.25) is 0 Å². The molecule has 0 amide bonds. The fraction of sp³-hybridized carbons (Fsp3) is 0. The average Bonchev–Trinajstić information content (AvgIpc) is 3.24. The largest absolute Gasteiger partial charge is 0.458 e. The molecule has 3 nitrogen and oxygen atoms in total. The minimum atomic E-state index is 0.0472. The number of para-hydroxylation sites is 2. The first-order valence-electron chi connectivity index (χ1n) is 18.6. The lowest BCUT2D eigenvalue weighted by molar-refractivity contribution is 0.487. The van der Waals surface area contributed by atoms with Crippen LogP contribution in [0.5, 0.6) is 11.5 Å². The quantitative estimate of drug-likeness (QED) is 0.168. The van der Waals surface area contributed by atoms with Crippen LogP contribution in [-0.4, -0.2) is 6.71 Å². The summed E-state index contributed by atoms with van der Waals surface area (Å²) in [4.78, 5) is 7.19. The Labute approximate surface area is 324 Å². The smallest absolute Gasteiger partial charge is 0.256 e. The monoisotopic (exact) mass is 716 g/mol. The number of fused-ring (bicyclic) bond motifs is 7. The Kier molecular flexibility index (Phi) is 6.57. The third-order valence-corrected chi connectivity index (χ3v) is 12.4. The highest BCUT2D eigenvalue weighted by Gasteiger charge is 2.42. The maximum Gasteiger partial charge on any atom is 0.256 e. The molecule has 9 aromatic rings. The Morgan fingerprint density at radius 1 is 0.582 bits per heavy atom. The standard InChI is InChI=1S/C50H29BN2OS/c1-3-15-34(16-4-1)52(36-26-25-32-13-7-8-14-33(32)29-36)42-28-27-37-39-30-46-41(31-48(39)55-47-24-11-19-38(42)49(37)47)51-40-20-9-10-21-43(40)53(35-17-5-2-6-18-35)44-22-12-23-45(54-46)50(44)51/h1-3,5-15,17-31H. The highest BCUT2D eigenvalue weighted by Crippen LogP contribution is 2.52. The van der Waals surface area contributed by atoms with Gasteiger partial charge < -0.3 is 14.5 Å². The van der Waals surface area contributed by atoms with Crippen molar-refractivity contribution in [3.63, 3.8) is 0 Å². The molecule has 12 rings (SSSR count). The van der Waals surface area contributed by atoms with Gasteiger partial charge in [-0.1, -0.05) is 115 Å². The topological polar surface area (TPSA) is 15.7 Å². The van der Waals surface area contributed by atoms with Gasteiger partial charge in [0.25, 0.3) is 6.71 Å². The van der Waals surface area contributed by atoms with Crippen molar-refractivity contribution >= 4 is 90.5 Å². The molecule has 0 saturated carbocycles. The van der Waals surface area contributed by atoms with Crippen molar-refractivity contribution in [3.05, 3.63) is 188 Å². The van der Waals surface area contributed by atoms with E-state index in [1.165, 1.54) is 64.5 Å². The summed E-state index contributed by atoms with van der Waals surface area (Å²) in [5.41, 5.74) is 12.8. The van der Waals surface area contributed by atoms with Crippen LogP contribution in [-0.2, 0) is 0 Å². The van der Waals surface area contributed by atoms with Crippen molar-refractivity contribution < 1.29 is 4.74 Å². The predicted molar refractivity (Wildman–Crippen MR) is 229 cm³/mol. The highest BCUT2D eigenvalue weighted by molar-refractivity contribution is 7.99. The Hall–Kier alpha value is -6.87. The molecule has 9 aromatic carbocycles. The molecule has 0 atom stereocenters.